The van der Waals surface area contributed by atoms with Gasteiger partial charge in [-0.15, -0.1) is 0 Å². The Morgan fingerprint density at radius 1 is 1.10 bits per heavy atom. The first-order chi connectivity index (χ1) is 10.3. The van der Waals surface area contributed by atoms with Crippen LogP contribution in [0.4, 0.5) is 0 Å². The van der Waals surface area contributed by atoms with Crippen molar-refractivity contribution in [2.24, 2.45) is 5.92 Å². The van der Waals surface area contributed by atoms with Crippen LogP contribution in [0.2, 0.25) is 0 Å². The van der Waals surface area contributed by atoms with Crippen LogP contribution in [-0.2, 0) is 5.41 Å². The molecule has 2 saturated carbocycles. The monoisotopic (exact) mass is 341 g/mol. The lowest BCUT2D eigenvalue weighted by molar-refractivity contribution is 0.0294. The second kappa shape index (κ2) is 5.24. The van der Waals surface area contributed by atoms with Crippen molar-refractivity contribution in [2.45, 2.75) is 43.4 Å². The van der Waals surface area contributed by atoms with Crippen molar-refractivity contribution in [1.29, 1.82) is 0 Å². The SMILES string of the molecule is Brc1cccc([C@H]2C[C@H]3CCCC[C@]32c2ccccn2)c1. The zero-order valence-electron chi connectivity index (χ0n) is 12.1. The second-order valence-corrected chi connectivity index (χ2v) is 7.46. The van der Waals surface area contributed by atoms with Crippen LogP contribution in [0.25, 0.3) is 0 Å². The van der Waals surface area contributed by atoms with Gasteiger partial charge in [0.25, 0.3) is 0 Å². The molecule has 2 fully saturated rings. The normalized spacial score (nSPS) is 31.3. The van der Waals surface area contributed by atoms with Crippen LogP contribution >= 0.6 is 15.9 Å². The Labute approximate surface area is 134 Å². The summed E-state index contributed by atoms with van der Waals surface area (Å²) in [5, 5.41) is 0. The van der Waals surface area contributed by atoms with E-state index < -0.39 is 0 Å². The van der Waals surface area contributed by atoms with Crippen molar-refractivity contribution in [3.05, 3.63) is 64.4 Å². The van der Waals surface area contributed by atoms with Crippen LogP contribution in [0, 0.1) is 5.92 Å². The first-order valence-corrected chi connectivity index (χ1v) is 8.77. The second-order valence-electron chi connectivity index (χ2n) is 6.54. The predicted molar refractivity (Wildman–Crippen MR) is 89.4 cm³/mol. The van der Waals surface area contributed by atoms with Crippen LogP contribution in [0.15, 0.2) is 53.1 Å². The van der Waals surface area contributed by atoms with E-state index in [9.17, 15) is 0 Å². The zero-order valence-corrected chi connectivity index (χ0v) is 13.7. The Balaban J connectivity index is 1.78. The lowest BCUT2D eigenvalue weighted by Crippen LogP contribution is -2.53. The molecule has 0 bridgehead atoms. The van der Waals surface area contributed by atoms with E-state index >= 15 is 0 Å². The summed E-state index contributed by atoms with van der Waals surface area (Å²) in [6.07, 6.45) is 8.70. The topological polar surface area (TPSA) is 12.9 Å². The van der Waals surface area contributed by atoms with Gasteiger partial charge in [-0.05, 0) is 60.9 Å². The largest absolute Gasteiger partial charge is 0.261 e. The van der Waals surface area contributed by atoms with Gasteiger partial charge in [-0.3, -0.25) is 4.98 Å². The van der Waals surface area contributed by atoms with Gasteiger partial charge >= 0.3 is 0 Å². The molecule has 0 spiro atoms. The van der Waals surface area contributed by atoms with Gasteiger partial charge in [0.15, 0.2) is 0 Å². The molecule has 0 N–H and O–H groups in total. The maximum absolute atomic E-state index is 4.76. The summed E-state index contributed by atoms with van der Waals surface area (Å²) in [4.78, 5) is 4.76. The number of rotatable bonds is 2. The van der Waals surface area contributed by atoms with Crippen LogP contribution < -0.4 is 0 Å². The average molecular weight is 342 g/mol. The lowest BCUT2D eigenvalue weighted by atomic mass is 9.45. The highest BCUT2D eigenvalue weighted by Gasteiger charge is 2.57. The first kappa shape index (κ1) is 13.5. The Kier molecular flexibility index (Phi) is 3.37. The summed E-state index contributed by atoms with van der Waals surface area (Å²) in [6, 6.07) is 15.3. The van der Waals surface area contributed by atoms with E-state index in [1.165, 1.54) is 47.8 Å². The first-order valence-electron chi connectivity index (χ1n) is 7.98. The van der Waals surface area contributed by atoms with E-state index in [2.05, 4.69) is 52.3 Å². The molecule has 4 rings (SSSR count). The summed E-state index contributed by atoms with van der Waals surface area (Å²) in [5.74, 6) is 1.46. The third-order valence-corrected chi connectivity index (χ3v) is 6.15. The summed E-state index contributed by atoms with van der Waals surface area (Å²) in [6.45, 7) is 0. The maximum atomic E-state index is 4.76. The van der Waals surface area contributed by atoms with Crippen molar-refractivity contribution < 1.29 is 0 Å². The summed E-state index contributed by atoms with van der Waals surface area (Å²) in [5.41, 5.74) is 3.10. The molecule has 108 valence electrons. The fourth-order valence-corrected chi connectivity index (χ4v) is 5.12. The maximum Gasteiger partial charge on any atom is 0.0474 e. The number of hydrogen-bond acceptors (Lipinski definition) is 1. The molecule has 0 saturated heterocycles. The molecule has 0 unspecified atom stereocenters. The molecule has 21 heavy (non-hydrogen) atoms. The van der Waals surface area contributed by atoms with E-state index in [4.69, 9.17) is 4.98 Å². The molecule has 2 aromatic rings. The molecule has 1 aromatic carbocycles. The molecule has 1 nitrogen and oxygen atoms in total. The molecule has 2 aliphatic rings. The van der Waals surface area contributed by atoms with Gasteiger partial charge in [0.1, 0.15) is 0 Å². The Bertz CT molecular complexity index is 639. The summed E-state index contributed by atoms with van der Waals surface area (Å²) in [7, 11) is 0. The highest BCUT2D eigenvalue weighted by Crippen LogP contribution is 2.64. The van der Waals surface area contributed by atoms with Gasteiger partial charge in [-0.25, -0.2) is 0 Å². The molecule has 1 aromatic heterocycles. The predicted octanol–water partition coefficient (Wildman–Crippen LogP) is 5.46. The third kappa shape index (κ3) is 2.07. The van der Waals surface area contributed by atoms with Crippen LogP contribution in [0.3, 0.4) is 0 Å². The fourth-order valence-electron chi connectivity index (χ4n) is 4.70. The molecule has 2 heteroatoms. The molecule has 3 atom stereocenters. The van der Waals surface area contributed by atoms with Gasteiger partial charge in [-0.2, -0.15) is 0 Å². The third-order valence-electron chi connectivity index (χ3n) is 5.66. The highest BCUT2D eigenvalue weighted by molar-refractivity contribution is 9.10. The zero-order chi connectivity index (χ0) is 14.3. The van der Waals surface area contributed by atoms with E-state index in [1.807, 2.05) is 12.3 Å². The number of hydrogen-bond donors (Lipinski definition) is 0. The van der Waals surface area contributed by atoms with E-state index in [1.54, 1.807) is 0 Å². The van der Waals surface area contributed by atoms with Crippen molar-refractivity contribution in [1.82, 2.24) is 4.98 Å². The van der Waals surface area contributed by atoms with E-state index in [0.717, 1.165) is 5.92 Å². The summed E-state index contributed by atoms with van der Waals surface area (Å²) < 4.78 is 1.19. The van der Waals surface area contributed by atoms with Gasteiger partial charge < -0.3 is 0 Å². The standard InChI is InChI=1S/C19H20BrN/c20-16-8-5-6-14(12-16)17-13-15-7-1-3-10-19(15,17)18-9-2-4-11-21-18/h2,4-6,8-9,11-12,15,17H,1,3,7,10,13H2/t15-,17-,19+/m1/s1. The van der Waals surface area contributed by atoms with Crippen molar-refractivity contribution in [2.75, 3.05) is 0 Å². The molecule has 0 aliphatic heterocycles. The van der Waals surface area contributed by atoms with Crippen molar-refractivity contribution >= 4 is 15.9 Å². The molecule has 0 radical (unpaired) electrons. The average Bonchev–Trinajstić information content (AvgIpc) is 2.50. The van der Waals surface area contributed by atoms with Crippen LogP contribution in [0.1, 0.15) is 49.3 Å². The Morgan fingerprint density at radius 2 is 2.05 bits per heavy atom. The van der Waals surface area contributed by atoms with Gasteiger partial charge in [0.2, 0.25) is 0 Å². The van der Waals surface area contributed by atoms with Crippen molar-refractivity contribution in [3.63, 3.8) is 0 Å². The Morgan fingerprint density at radius 3 is 2.81 bits per heavy atom. The highest BCUT2D eigenvalue weighted by atomic mass is 79.9. The van der Waals surface area contributed by atoms with Gasteiger partial charge in [0, 0.05) is 21.8 Å². The van der Waals surface area contributed by atoms with Crippen LogP contribution in [0.5, 0.6) is 0 Å². The minimum absolute atomic E-state index is 0.292. The molecule has 2 aliphatic carbocycles. The van der Waals surface area contributed by atoms with Crippen molar-refractivity contribution in [3.8, 4) is 0 Å². The van der Waals surface area contributed by atoms with E-state index in [-0.39, 0.29) is 0 Å². The number of aromatic nitrogens is 1. The number of benzene rings is 1. The van der Waals surface area contributed by atoms with Gasteiger partial charge in [0.05, 0.1) is 0 Å². The number of pyridine rings is 1. The minimum atomic E-state index is 0.292. The molecular formula is C19H20BrN. The number of fused-ring (bicyclic) bond motifs is 1. The lowest BCUT2D eigenvalue weighted by Gasteiger charge is -2.59. The molecule has 0 amide bonds. The quantitative estimate of drug-likeness (QED) is 0.706. The minimum Gasteiger partial charge on any atom is -0.261 e. The number of halogens is 1. The van der Waals surface area contributed by atoms with Gasteiger partial charge in [-0.1, -0.05) is 47.0 Å². The number of nitrogens with zero attached hydrogens (tertiary/aromatic N) is 1. The van der Waals surface area contributed by atoms with Crippen LogP contribution in [-0.4, -0.2) is 4.98 Å². The smallest absolute Gasteiger partial charge is 0.0474 e. The summed E-state index contributed by atoms with van der Waals surface area (Å²) >= 11 is 3.63. The Hall–Kier alpha value is -1.15. The molecule has 1 heterocycles. The fraction of sp³-hybridized carbons (Fsp3) is 0.421. The van der Waals surface area contributed by atoms with E-state index in [0.29, 0.717) is 11.3 Å². The molecular weight excluding hydrogens is 322 g/mol.